The first-order valence-corrected chi connectivity index (χ1v) is 7.36. The van der Waals surface area contributed by atoms with Crippen molar-refractivity contribution >= 4 is 23.4 Å². The molecule has 0 saturated heterocycles. The first-order chi connectivity index (χ1) is 10.2. The highest BCUT2D eigenvalue weighted by Gasteiger charge is 2.31. The lowest BCUT2D eigenvalue weighted by molar-refractivity contribution is -0.140. The number of ketones is 2. The van der Waals surface area contributed by atoms with Crippen molar-refractivity contribution in [1.82, 2.24) is 5.32 Å². The molecule has 22 heavy (non-hydrogen) atoms. The lowest BCUT2D eigenvalue weighted by atomic mass is 9.91. The molecule has 7 N–H and O–H groups in total. The lowest BCUT2D eigenvalue weighted by Gasteiger charge is -2.20. The molecule has 126 valence electrons. The minimum absolute atomic E-state index is 0.0442. The third-order valence-corrected chi connectivity index (χ3v) is 3.44. The van der Waals surface area contributed by atoms with Crippen LogP contribution in [0.2, 0.25) is 0 Å². The molecule has 0 aromatic carbocycles. The Hall–Kier alpha value is -1.96. The number of rotatable bonds is 10. The van der Waals surface area contributed by atoms with E-state index in [4.69, 9.17) is 17.2 Å². The summed E-state index contributed by atoms with van der Waals surface area (Å²) in [6.07, 6.45) is 1.42. The van der Waals surface area contributed by atoms with Crippen molar-refractivity contribution in [2.45, 2.75) is 52.1 Å². The van der Waals surface area contributed by atoms with Gasteiger partial charge < -0.3 is 22.5 Å². The minimum Gasteiger partial charge on any atom is -0.370 e. The van der Waals surface area contributed by atoms with Crippen molar-refractivity contribution in [2.24, 2.45) is 28.1 Å². The molecule has 0 radical (unpaired) electrons. The number of hydrogen-bond donors (Lipinski definition) is 4. The zero-order chi connectivity index (χ0) is 17.3. The number of hydrogen-bond acceptors (Lipinski definition) is 5. The van der Waals surface area contributed by atoms with Gasteiger partial charge in [0.15, 0.2) is 5.96 Å². The number of nitrogens with zero attached hydrogens (tertiary/aromatic N) is 1. The maximum absolute atomic E-state index is 12.2. The molecule has 0 aromatic rings. The summed E-state index contributed by atoms with van der Waals surface area (Å²) in [6.45, 7) is 5.30. The standard InChI is InChI=1S/C14H27N5O3/c1-4-8(2)11(15)13(22)12(21)10(19-9(3)20)6-5-7-18-14(16)17/h8,10-11H,4-7,15H2,1-3H3,(H,19,20)(H4,16,17,18)/t8-,10?,11-/m0/s1. The summed E-state index contributed by atoms with van der Waals surface area (Å²) in [5, 5.41) is 2.48. The molecule has 0 aliphatic rings. The summed E-state index contributed by atoms with van der Waals surface area (Å²) in [6, 6.07) is -1.75. The van der Waals surface area contributed by atoms with E-state index in [1.165, 1.54) is 6.92 Å². The number of nitrogens with one attached hydrogen (secondary N) is 1. The molecule has 0 saturated carbocycles. The van der Waals surface area contributed by atoms with Crippen LogP contribution in [0.25, 0.3) is 0 Å². The number of nitrogens with two attached hydrogens (primary N) is 3. The molecule has 0 aromatic heterocycles. The molecular formula is C14H27N5O3. The molecule has 1 amide bonds. The molecular weight excluding hydrogens is 286 g/mol. The first kappa shape index (κ1) is 20.0. The van der Waals surface area contributed by atoms with E-state index in [0.29, 0.717) is 19.4 Å². The number of guanidine groups is 1. The fraction of sp³-hybridized carbons (Fsp3) is 0.714. The monoisotopic (exact) mass is 313 g/mol. The Labute approximate surface area is 130 Å². The summed E-state index contributed by atoms with van der Waals surface area (Å²) in [5.41, 5.74) is 16.2. The molecule has 0 spiro atoms. The molecule has 0 aliphatic carbocycles. The summed E-state index contributed by atoms with van der Waals surface area (Å²) in [7, 11) is 0. The molecule has 0 aliphatic heterocycles. The smallest absolute Gasteiger partial charge is 0.222 e. The van der Waals surface area contributed by atoms with Crippen molar-refractivity contribution in [2.75, 3.05) is 6.54 Å². The van der Waals surface area contributed by atoms with E-state index >= 15 is 0 Å². The van der Waals surface area contributed by atoms with E-state index in [0.717, 1.165) is 0 Å². The number of amides is 1. The van der Waals surface area contributed by atoms with Gasteiger partial charge in [-0.05, 0) is 18.8 Å². The topological polar surface area (TPSA) is 154 Å². The molecule has 0 heterocycles. The molecule has 8 heteroatoms. The van der Waals surface area contributed by atoms with Crippen molar-refractivity contribution in [3.8, 4) is 0 Å². The van der Waals surface area contributed by atoms with Gasteiger partial charge in [-0.1, -0.05) is 20.3 Å². The van der Waals surface area contributed by atoms with Gasteiger partial charge >= 0.3 is 0 Å². The third kappa shape index (κ3) is 7.16. The summed E-state index contributed by atoms with van der Waals surface area (Å²) in [5.74, 6) is -1.86. The molecule has 0 rings (SSSR count). The second-order valence-electron chi connectivity index (χ2n) is 5.34. The van der Waals surface area contributed by atoms with E-state index in [1.54, 1.807) is 0 Å². The Morgan fingerprint density at radius 3 is 2.23 bits per heavy atom. The Morgan fingerprint density at radius 2 is 1.77 bits per heavy atom. The highest BCUT2D eigenvalue weighted by molar-refractivity contribution is 6.41. The molecule has 3 atom stereocenters. The van der Waals surface area contributed by atoms with Crippen LogP contribution in [0.5, 0.6) is 0 Å². The predicted octanol–water partition coefficient (Wildman–Crippen LogP) is -0.944. The SMILES string of the molecule is CC[C@H](C)[C@H](N)C(=O)C(=O)C(CCCN=C(N)N)NC(C)=O. The van der Waals surface area contributed by atoms with Crippen LogP contribution >= 0.6 is 0 Å². The molecule has 0 bridgehead atoms. The van der Waals surface area contributed by atoms with Crippen LogP contribution in [-0.4, -0.2) is 42.1 Å². The largest absolute Gasteiger partial charge is 0.370 e. The van der Waals surface area contributed by atoms with E-state index < -0.39 is 23.7 Å². The summed E-state index contributed by atoms with van der Waals surface area (Å²) >= 11 is 0. The average Bonchev–Trinajstić information content (AvgIpc) is 2.46. The maximum atomic E-state index is 12.2. The molecule has 8 nitrogen and oxygen atoms in total. The van der Waals surface area contributed by atoms with Gasteiger partial charge in [-0.15, -0.1) is 0 Å². The van der Waals surface area contributed by atoms with Gasteiger partial charge in [0, 0.05) is 13.5 Å². The zero-order valence-corrected chi connectivity index (χ0v) is 13.5. The van der Waals surface area contributed by atoms with Crippen molar-refractivity contribution in [3.05, 3.63) is 0 Å². The summed E-state index contributed by atoms with van der Waals surface area (Å²) in [4.78, 5) is 39.4. The Morgan fingerprint density at radius 1 is 1.18 bits per heavy atom. The van der Waals surface area contributed by atoms with Crippen LogP contribution in [0.1, 0.15) is 40.0 Å². The van der Waals surface area contributed by atoms with Crippen molar-refractivity contribution in [3.63, 3.8) is 0 Å². The van der Waals surface area contributed by atoms with Crippen LogP contribution in [-0.2, 0) is 14.4 Å². The second kappa shape index (κ2) is 9.88. The lowest BCUT2D eigenvalue weighted by Crippen LogP contribution is -2.49. The molecule has 0 fully saturated rings. The van der Waals surface area contributed by atoms with Gasteiger partial charge in [-0.2, -0.15) is 0 Å². The van der Waals surface area contributed by atoms with Crippen LogP contribution < -0.4 is 22.5 Å². The second-order valence-corrected chi connectivity index (χ2v) is 5.34. The van der Waals surface area contributed by atoms with Gasteiger partial charge in [0.2, 0.25) is 17.5 Å². The fourth-order valence-corrected chi connectivity index (χ4v) is 1.87. The number of Topliss-reactive ketones (excluding diaryl/α,β-unsaturated/α-hetero) is 2. The Kier molecular flexibility index (Phi) is 9.00. The Bertz CT molecular complexity index is 432. The van der Waals surface area contributed by atoms with Crippen LogP contribution in [0.4, 0.5) is 0 Å². The average molecular weight is 313 g/mol. The Balaban J connectivity index is 4.79. The van der Waals surface area contributed by atoms with Crippen LogP contribution in [0.15, 0.2) is 4.99 Å². The third-order valence-electron chi connectivity index (χ3n) is 3.44. The van der Waals surface area contributed by atoms with Crippen molar-refractivity contribution < 1.29 is 14.4 Å². The first-order valence-electron chi connectivity index (χ1n) is 7.36. The quantitative estimate of drug-likeness (QED) is 0.176. The number of carbonyl (C=O) groups excluding carboxylic acids is 3. The summed E-state index contributed by atoms with van der Waals surface area (Å²) < 4.78 is 0. The van der Waals surface area contributed by atoms with E-state index in [-0.39, 0.29) is 24.2 Å². The van der Waals surface area contributed by atoms with Gasteiger partial charge in [0.1, 0.15) is 0 Å². The normalized spacial score (nSPS) is 14.5. The van der Waals surface area contributed by atoms with E-state index in [1.807, 2.05) is 13.8 Å². The van der Waals surface area contributed by atoms with E-state index in [9.17, 15) is 14.4 Å². The van der Waals surface area contributed by atoms with Crippen LogP contribution in [0, 0.1) is 5.92 Å². The van der Waals surface area contributed by atoms with Gasteiger partial charge in [0.25, 0.3) is 0 Å². The van der Waals surface area contributed by atoms with Crippen LogP contribution in [0.3, 0.4) is 0 Å². The number of carbonyl (C=O) groups is 3. The van der Waals surface area contributed by atoms with Crippen molar-refractivity contribution in [1.29, 1.82) is 0 Å². The maximum Gasteiger partial charge on any atom is 0.222 e. The number of aliphatic imine (C=N–C) groups is 1. The fourth-order valence-electron chi connectivity index (χ4n) is 1.87. The van der Waals surface area contributed by atoms with E-state index in [2.05, 4.69) is 10.3 Å². The van der Waals surface area contributed by atoms with Gasteiger partial charge in [0.05, 0.1) is 12.1 Å². The van der Waals surface area contributed by atoms with Gasteiger partial charge in [-0.3, -0.25) is 19.4 Å². The zero-order valence-electron chi connectivity index (χ0n) is 13.5. The highest BCUT2D eigenvalue weighted by atomic mass is 16.2. The minimum atomic E-state index is -0.894. The molecule has 1 unspecified atom stereocenters. The highest BCUT2D eigenvalue weighted by Crippen LogP contribution is 2.09. The van der Waals surface area contributed by atoms with Gasteiger partial charge in [-0.25, -0.2) is 0 Å². The predicted molar refractivity (Wildman–Crippen MR) is 85.0 cm³/mol.